The summed E-state index contributed by atoms with van der Waals surface area (Å²) in [6, 6.07) is 4.75. The highest BCUT2D eigenvalue weighted by Gasteiger charge is 2.33. The Morgan fingerprint density at radius 2 is 2.11 bits per heavy atom. The van der Waals surface area contributed by atoms with E-state index in [0.717, 1.165) is 0 Å². The van der Waals surface area contributed by atoms with E-state index in [1.807, 2.05) is 0 Å². The Kier molecular flexibility index (Phi) is 6.94. The fourth-order valence-corrected chi connectivity index (χ4v) is 2.44. The molecule has 1 aliphatic rings. The summed E-state index contributed by atoms with van der Waals surface area (Å²) in [7, 11) is -1.47. The van der Waals surface area contributed by atoms with Gasteiger partial charge in [0.05, 0.1) is 5.71 Å². The lowest BCUT2D eigenvalue weighted by Crippen LogP contribution is -2.29. The molecule has 1 atom stereocenters. The van der Waals surface area contributed by atoms with E-state index in [1.165, 1.54) is 19.9 Å². The molecule has 148 valence electrons. The van der Waals surface area contributed by atoms with E-state index in [1.54, 1.807) is 19.1 Å². The lowest BCUT2D eigenvalue weighted by atomic mass is 9.76. The first kappa shape index (κ1) is 21.2. The number of nitrogens with one attached hydrogen (secondary N) is 1. The minimum atomic E-state index is -1.47. The first-order valence-electron chi connectivity index (χ1n) is 8.62. The fraction of sp³-hybridized carbons (Fsp3) is 0.333. The molecule has 9 nitrogen and oxygen atoms in total. The second kappa shape index (κ2) is 9.18. The monoisotopic (exact) mass is 388 g/mol. The molecule has 0 bridgehead atoms. The van der Waals surface area contributed by atoms with Gasteiger partial charge < -0.3 is 19.2 Å². The van der Waals surface area contributed by atoms with Crippen molar-refractivity contribution in [3.63, 3.8) is 0 Å². The van der Waals surface area contributed by atoms with Gasteiger partial charge in [-0.3, -0.25) is 9.59 Å². The predicted molar refractivity (Wildman–Crippen MR) is 100 cm³/mol. The first-order chi connectivity index (χ1) is 13.2. The zero-order valence-corrected chi connectivity index (χ0v) is 15.9. The number of hydrogen-bond acceptors (Lipinski definition) is 8. The summed E-state index contributed by atoms with van der Waals surface area (Å²) in [6.07, 6.45) is -0.682. The number of rotatable bonds is 5. The number of allylic oxidation sites excluding steroid dienone is 1. The Morgan fingerprint density at radius 3 is 2.75 bits per heavy atom. The van der Waals surface area contributed by atoms with Crippen LogP contribution in [0, 0.1) is 0 Å². The van der Waals surface area contributed by atoms with Crippen LogP contribution >= 0.6 is 0 Å². The van der Waals surface area contributed by atoms with Crippen molar-refractivity contribution in [3.05, 3.63) is 41.4 Å². The average molecular weight is 388 g/mol. The Balaban J connectivity index is 2.32. The molecule has 1 aromatic rings. The third kappa shape index (κ3) is 5.20. The number of fused-ring (bicyclic) bond motifs is 1. The lowest BCUT2D eigenvalue weighted by Gasteiger charge is -2.16. The van der Waals surface area contributed by atoms with Crippen molar-refractivity contribution in [1.29, 1.82) is 0 Å². The molecule has 10 heteroatoms. The summed E-state index contributed by atoms with van der Waals surface area (Å²) in [5.74, 6) is -1.58. The van der Waals surface area contributed by atoms with Crippen LogP contribution in [0.2, 0.25) is 0 Å². The number of amides is 1. The third-order valence-corrected chi connectivity index (χ3v) is 3.81. The molecular formula is C18H21BN2O7. The Bertz CT molecular complexity index is 837. The Hall–Kier alpha value is -3.14. The summed E-state index contributed by atoms with van der Waals surface area (Å²) < 4.78 is 15.4. The number of hydrazone groups is 1. The van der Waals surface area contributed by atoms with E-state index in [0.29, 0.717) is 11.3 Å². The molecule has 0 aliphatic carbocycles. The van der Waals surface area contributed by atoms with Gasteiger partial charge in [-0.05, 0) is 11.6 Å². The summed E-state index contributed by atoms with van der Waals surface area (Å²) >= 11 is 0. The van der Waals surface area contributed by atoms with Gasteiger partial charge in [0.2, 0.25) is 12.2 Å². The van der Waals surface area contributed by atoms with E-state index >= 15 is 0 Å². The van der Waals surface area contributed by atoms with Crippen molar-refractivity contribution in [2.75, 3.05) is 0 Å². The highest BCUT2D eigenvalue weighted by atomic mass is 16.7. The minimum absolute atomic E-state index is 0.0437. The van der Waals surface area contributed by atoms with Crippen LogP contribution in [0.3, 0.4) is 0 Å². The number of carbonyl (C=O) groups is 3. The molecule has 0 fully saturated rings. The number of benzene rings is 1. The largest absolute Gasteiger partial charge is 0.561 e. The summed E-state index contributed by atoms with van der Waals surface area (Å²) in [5, 5.41) is 14.3. The maximum Gasteiger partial charge on any atom is 0.561 e. The highest BCUT2D eigenvalue weighted by Crippen LogP contribution is 2.30. The molecule has 1 unspecified atom stereocenters. The molecule has 1 aromatic carbocycles. The van der Waals surface area contributed by atoms with Crippen LogP contribution in [-0.4, -0.2) is 42.0 Å². The van der Waals surface area contributed by atoms with Gasteiger partial charge >= 0.3 is 19.1 Å². The molecule has 1 aliphatic heterocycles. The van der Waals surface area contributed by atoms with E-state index in [4.69, 9.17) is 14.1 Å². The van der Waals surface area contributed by atoms with Crippen LogP contribution < -0.4 is 10.1 Å². The van der Waals surface area contributed by atoms with Crippen LogP contribution in [-0.2, 0) is 25.5 Å². The maximum absolute atomic E-state index is 12.5. The molecule has 28 heavy (non-hydrogen) atoms. The molecule has 0 saturated heterocycles. The second-order valence-corrected chi connectivity index (χ2v) is 6.00. The van der Waals surface area contributed by atoms with Crippen LogP contribution in [0.15, 0.2) is 35.4 Å². The molecule has 0 radical (unpaired) electrons. The lowest BCUT2D eigenvalue weighted by molar-refractivity contribution is -0.162. The standard InChI is InChI=1S/C18H21BN2O7/c1-5-16(23)21-20-15-9-13-7-6-8-14(17(13)28-19(25)10(15)2)18(24)27-12(4)26-11(3)22/h6-8,12,25H,2,5,9H2,1,3-4H3,(H,21,23)/b20-15+. The predicted octanol–water partition coefficient (Wildman–Crippen LogP) is 1.15. The third-order valence-electron chi connectivity index (χ3n) is 3.81. The second-order valence-electron chi connectivity index (χ2n) is 6.00. The van der Waals surface area contributed by atoms with Gasteiger partial charge in [-0.2, -0.15) is 5.10 Å². The van der Waals surface area contributed by atoms with Gasteiger partial charge in [-0.1, -0.05) is 25.6 Å². The first-order valence-corrected chi connectivity index (χ1v) is 8.62. The van der Waals surface area contributed by atoms with E-state index in [2.05, 4.69) is 17.1 Å². The number of carbonyl (C=O) groups excluding carboxylic acids is 3. The van der Waals surface area contributed by atoms with Crippen molar-refractivity contribution in [2.45, 2.75) is 39.9 Å². The van der Waals surface area contributed by atoms with Crippen molar-refractivity contribution >= 4 is 30.7 Å². The number of nitrogens with zero attached hydrogens (tertiary/aromatic N) is 1. The SMILES string of the molecule is C=C1B(O)Oc2c(cccc2C(=O)OC(C)OC(C)=O)C/C1=N\NC(=O)CC. The van der Waals surface area contributed by atoms with E-state index in [-0.39, 0.29) is 35.5 Å². The van der Waals surface area contributed by atoms with Crippen molar-refractivity contribution < 1.29 is 33.5 Å². The van der Waals surface area contributed by atoms with Crippen LogP contribution in [0.5, 0.6) is 5.75 Å². The highest BCUT2D eigenvalue weighted by molar-refractivity contribution is 6.61. The normalized spacial score (nSPS) is 15.8. The van der Waals surface area contributed by atoms with Crippen molar-refractivity contribution in [3.8, 4) is 5.75 Å². The molecule has 0 spiro atoms. The van der Waals surface area contributed by atoms with Gasteiger partial charge in [-0.15, -0.1) is 0 Å². The Morgan fingerprint density at radius 1 is 1.39 bits per heavy atom. The van der Waals surface area contributed by atoms with Gasteiger partial charge in [0.25, 0.3) is 0 Å². The zero-order chi connectivity index (χ0) is 20.8. The average Bonchev–Trinajstić information content (AvgIpc) is 2.75. The maximum atomic E-state index is 12.5. The van der Waals surface area contributed by atoms with Crippen LogP contribution in [0.25, 0.3) is 0 Å². The molecule has 1 heterocycles. The van der Waals surface area contributed by atoms with E-state index in [9.17, 15) is 19.4 Å². The number of esters is 2. The summed E-state index contributed by atoms with van der Waals surface area (Å²) in [6.45, 7) is 8.03. The zero-order valence-electron chi connectivity index (χ0n) is 15.9. The smallest absolute Gasteiger partial charge is 0.532 e. The quantitative estimate of drug-likeness (QED) is 0.336. The summed E-state index contributed by atoms with van der Waals surface area (Å²) in [5.41, 5.74) is 3.42. The Labute approximate surface area is 162 Å². The van der Waals surface area contributed by atoms with Crippen LogP contribution in [0.4, 0.5) is 0 Å². The molecule has 2 N–H and O–H groups in total. The molecule has 1 amide bonds. The number of para-hydroxylation sites is 1. The molecule has 0 aromatic heterocycles. The molecule has 2 rings (SSSR count). The molecule has 0 saturated carbocycles. The number of hydrogen-bond donors (Lipinski definition) is 2. The van der Waals surface area contributed by atoms with Gasteiger partial charge in [0, 0.05) is 32.2 Å². The number of ether oxygens (including phenoxy) is 2. The van der Waals surface area contributed by atoms with E-state index < -0.39 is 25.3 Å². The molecular weight excluding hydrogens is 367 g/mol. The summed E-state index contributed by atoms with van der Waals surface area (Å²) in [4.78, 5) is 34.9. The van der Waals surface area contributed by atoms with Crippen molar-refractivity contribution in [2.24, 2.45) is 5.10 Å². The fourth-order valence-electron chi connectivity index (χ4n) is 2.44. The van der Waals surface area contributed by atoms with Gasteiger partial charge in [0.1, 0.15) is 11.3 Å². The van der Waals surface area contributed by atoms with Gasteiger partial charge in [0.15, 0.2) is 0 Å². The van der Waals surface area contributed by atoms with Crippen LogP contribution in [0.1, 0.15) is 43.1 Å². The van der Waals surface area contributed by atoms with Gasteiger partial charge in [-0.25, -0.2) is 10.2 Å². The van der Waals surface area contributed by atoms with Crippen molar-refractivity contribution in [1.82, 2.24) is 5.43 Å². The minimum Gasteiger partial charge on any atom is -0.532 e. The topological polar surface area (TPSA) is 124 Å².